The predicted molar refractivity (Wildman–Crippen MR) is 68.6 cm³/mol. The third-order valence-corrected chi connectivity index (χ3v) is 5.18. The Kier molecular flexibility index (Phi) is 3.27. The van der Waals surface area contributed by atoms with E-state index >= 15 is 0 Å². The minimum atomic E-state index is -3.13. The lowest BCUT2D eigenvalue weighted by atomic mass is 10.1. The molecule has 4 heteroatoms. The van der Waals surface area contributed by atoms with Crippen molar-refractivity contribution in [3.8, 4) is 0 Å². The van der Waals surface area contributed by atoms with Gasteiger partial charge in [-0.25, -0.2) is 8.42 Å². The molecule has 0 amide bonds. The molecule has 1 aromatic carbocycles. The molecule has 0 unspecified atom stereocenters. The second kappa shape index (κ2) is 4.42. The molecule has 0 aliphatic heterocycles. The van der Waals surface area contributed by atoms with E-state index in [2.05, 4.69) is 0 Å². The third kappa shape index (κ3) is 3.30. The van der Waals surface area contributed by atoms with Crippen LogP contribution in [-0.4, -0.2) is 19.7 Å². The molecule has 94 valence electrons. The van der Waals surface area contributed by atoms with Gasteiger partial charge in [0.05, 0.1) is 10.6 Å². The van der Waals surface area contributed by atoms with E-state index in [9.17, 15) is 8.42 Å². The second-order valence-electron chi connectivity index (χ2n) is 5.10. The fraction of sp³-hybridized carbons (Fsp3) is 0.538. The van der Waals surface area contributed by atoms with E-state index in [1.54, 1.807) is 12.1 Å². The topological polar surface area (TPSA) is 60.2 Å². The van der Waals surface area contributed by atoms with Crippen LogP contribution in [0, 0.1) is 6.92 Å². The van der Waals surface area contributed by atoms with E-state index in [0.29, 0.717) is 11.3 Å². The van der Waals surface area contributed by atoms with Crippen molar-refractivity contribution in [1.82, 2.24) is 0 Å². The number of nitrogens with two attached hydrogens (primary N) is 1. The molecule has 1 aliphatic carbocycles. The lowest BCUT2D eigenvalue weighted by Crippen LogP contribution is -2.22. The Morgan fingerprint density at radius 1 is 1.24 bits per heavy atom. The highest BCUT2D eigenvalue weighted by atomic mass is 32.2. The van der Waals surface area contributed by atoms with Gasteiger partial charge in [-0.05, 0) is 44.7 Å². The summed E-state index contributed by atoms with van der Waals surface area (Å²) in [4.78, 5) is 0.421. The molecule has 3 nitrogen and oxygen atoms in total. The molecule has 0 saturated heterocycles. The van der Waals surface area contributed by atoms with Crippen molar-refractivity contribution in [3.63, 3.8) is 0 Å². The van der Waals surface area contributed by atoms with E-state index in [1.807, 2.05) is 19.1 Å². The monoisotopic (exact) mass is 253 g/mol. The van der Waals surface area contributed by atoms with Gasteiger partial charge in [0.2, 0.25) is 0 Å². The number of rotatable bonds is 5. The fourth-order valence-corrected chi connectivity index (χ4v) is 3.20. The van der Waals surface area contributed by atoms with E-state index in [4.69, 9.17) is 5.73 Å². The van der Waals surface area contributed by atoms with Crippen LogP contribution in [0.3, 0.4) is 0 Å². The summed E-state index contributed by atoms with van der Waals surface area (Å²) in [5, 5.41) is 0. The van der Waals surface area contributed by atoms with Gasteiger partial charge in [0.25, 0.3) is 0 Å². The highest BCUT2D eigenvalue weighted by molar-refractivity contribution is 7.91. The van der Waals surface area contributed by atoms with Crippen LogP contribution in [0.15, 0.2) is 29.2 Å². The van der Waals surface area contributed by atoms with Crippen LogP contribution in [0.25, 0.3) is 0 Å². The Morgan fingerprint density at radius 2 is 1.82 bits per heavy atom. The van der Waals surface area contributed by atoms with Crippen LogP contribution in [0.1, 0.15) is 31.2 Å². The summed E-state index contributed by atoms with van der Waals surface area (Å²) in [7, 11) is -3.13. The molecule has 0 aromatic heterocycles. The quantitative estimate of drug-likeness (QED) is 0.873. The first-order valence-corrected chi connectivity index (χ1v) is 7.65. The number of aryl methyl sites for hydroxylation is 1. The molecule has 0 spiro atoms. The zero-order valence-corrected chi connectivity index (χ0v) is 11.0. The van der Waals surface area contributed by atoms with Gasteiger partial charge in [-0.3, -0.25) is 0 Å². The van der Waals surface area contributed by atoms with Crippen LogP contribution >= 0.6 is 0 Å². The van der Waals surface area contributed by atoms with E-state index in [-0.39, 0.29) is 11.3 Å². The maximum absolute atomic E-state index is 12.0. The van der Waals surface area contributed by atoms with Crippen molar-refractivity contribution in [2.24, 2.45) is 5.73 Å². The van der Waals surface area contributed by atoms with Gasteiger partial charge in [-0.2, -0.15) is 0 Å². The maximum Gasteiger partial charge on any atom is 0.178 e. The van der Waals surface area contributed by atoms with Crippen LogP contribution < -0.4 is 5.73 Å². The summed E-state index contributed by atoms with van der Waals surface area (Å²) in [6, 6.07) is 7.02. The molecule has 17 heavy (non-hydrogen) atoms. The van der Waals surface area contributed by atoms with Gasteiger partial charge < -0.3 is 5.73 Å². The SMILES string of the molecule is Cc1ccc(S(=O)(=O)CCCC2(N)CC2)cc1. The summed E-state index contributed by atoms with van der Waals surface area (Å²) < 4.78 is 24.0. The zero-order chi connectivity index (χ0) is 12.5. The van der Waals surface area contributed by atoms with Crippen LogP contribution in [0.5, 0.6) is 0 Å². The fourth-order valence-electron chi connectivity index (χ4n) is 1.89. The van der Waals surface area contributed by atoms with Crippen molar-refractivity contribution < 1.29 is 8.42 Å². The van der Waals surface area contributed by atoms with Crippen molar-refractivity contribution in [1.29, 1.82) is 0 Å². The summed E-state index contributed by atoms with van der Waals surface area (Å²) in [5.74, 6) is 0.203. The lowest BCUT2D eigenvalue weighted by Gasteiger charge is -2.08. The maximum atomic E-state index is 12.0. The average Bonchev–Trinajstić information content (AvgIpc) is 2.97. The molecule has 0 bridgehead atoms. The molecule has 1 fully saturated rings. The van der Waals surface area contributed by atoms with Crippen LogP contribution in [0.4, 0.5) is 0 Å². The Morgan fingerprint density at radius 3 is 2.35 bits per heavy atom. The molecule has 2 rings (SSSR count). The summed E-state index contributed by atoms with van der Waals surface area (Å²) in [5.41, 5.74) is 6.96. The molecule has 0 heterocycles. The standard InChI is InChI=1S/C13H19NO2S/c1-11-3-5-12(6-4-11)17(15,16)10-2-7-13(14)8-9-13/h3-6H,2,7-10,14H2,1H3. The number of hydrogen-bond acceptors (Lipinski definition) is 3. The largest absolute Gasteiger partial charge is 0.325 e. The van der Waals surface area contributed by atoms with E-state index in [1.165, 1.54) is 0 Å². The van der Waals surface area contributed by atoms with Gasteiger partial charge in [0, 0.05) is 5.54 Å². The Bertz CT molecular complexity index is 487. The normalized spacial score (nSPS) is 18.0. The van der Waals surface area contributed by atoms with Gasteiger partial charge >= 0.3 is 0 Å². The number of sulfone groups is 1. The lowest BCUT2D eigenvalue weighted by molar-refractivity contribution is 0.572. The summed E-state index contributed by atoms with van der Waals surface area (Å²) >= 11 is 0. The first-order chi connectivity index (χ1) is 7.91. The third-order valence-electron chi connectivity index (χ3n) is 3.36. The van der Waals surface area contributed by atoms with Gasteiger partial charge in [0.1, 0.15) is 0 Å². The van der Waals surface area contributed by atoms with Gasteiger partial charge in [-0.15, -0.1) is 0 Å². The molecule has 1 aliphatic rings. The van der Waals surface area contributed by atoms with Crippen LogP contribution in [-0.2, 0) is 9.84 Å². The molecule has 1 saturated carbocycles. The van der Waals surface area contributed by atoms with Crippen LogP contribution in [0.2, 0.25) is 0 Å². The molecule has 1 aromatic rings. The second-order valence-corrected chi connectivity index (χ2v) is 7.21. The predicted octanol–water partition coefficient (Wildman–Crippen LogP) is 2.04. The Balaban J connectivity index is 1.96. The first-order valence-electron chi connectivity index (χ1n) is 6.00. The van der Waals surface area contributed by atoms with Crippen molar-refractivity contribution in [2.45, 2.75) is 43.0 Å². The molecule has 2 N–H and O–H groups in total. The Hall–Kier alpha value is -0.870. The summed E-state index contributed by atoms with van der Waals surface area (Å²) in [6.45, 7) is 1.95. The molecule has 0 radical (unpaired) electrons. The Labute approximate surface area is 103 Å². The number of hydrogen-bond donors (Lipinski definition) is 1. The molecular formula is C13H19NO2S. The minimum Gasteiger partial charge on any atom is -0.325 e. The number of benzene rings is 1. The average molecular weight is 253 g/mol. The molecular weight excluding hydrogens is 234 g/mol. The van der Waals surface area contributed by atoms with Gasteiger partial charge in [-0.1, -0.05) is 17.7 Å². The highest BCUT2D eigenvalue weighted by Crippen LogP contribution is 2.36. The smallest absolute Gasteiger partial charge is 0.178 e. The van der Waals surface area contributed by atoms with Gasteiger partial charge in [0.15, 0.2) is 9.84 Å². The first kappa shape index (κ1) is 12.6. The van der Waals surface area contributed by atoms with Crippen molar-refractivity contribution in [3.05, 3.63) is 29.8 Å². The van der Waals surface area contributed by atoms with Crippen molar-refractivity contribution in [2.75, 3.05) is 5.75 Å². The van der Waals surface area contributed by atoms with E-state index < -0.39 is 9.84 Å². The zero-order valence-electron chi connectivity index (χ0n) is 10.1. The van der Waals surface area contributed by atoms with E-state index in [0.717, 1.165) is 24.8 Å². The van der Waals surface area contributed by atoms with Crippen molar-refractivity contribution >= 4 is 9.84 Å². The summed E-state index contributed by atoms with van der Waals surface area (Å²) in [6.07, 6.45) is 3.56. The highest BCUT2D eigenvalue weighted by Gasteiger charge is 2.37. The molecule has 0 atom stereocenters. The minimum absolute atomic E-state index is 0.0528.